The van der Waals surface area contributed by atoms with Crippen LogP contribution in [0.2, 0.25) is 0 Å². The van der Waals surface area contributed by atoms with Crippen LogP contribution < -0.4 is 15.4 Å². The maximum absolute atomic E-state index is 11.8. The Balaban J connectivity index is 1.89. The van der Waals surface area contributed by atoms with E-state index in [-0.39, 0.29) is 24.0 Å². The van der Waals surface area contributed by atoms with Gasteiger partial charge in [-0.2, -0.15) is 0 Å². The van der Waals surface area contributed by atoms with E-state index in [0.717, 1.165) is 0 Å². The van der Waals surface area contributed by atoms with Gasteiger partial charge in [0.25, 0.3) is 0 Å². The highest BCUT2D eigenvalue weighted by atomic mass is 16.5. The van der Waals surface area contributed by atoms with Crippen molar-refractivity contribution < 1.29 is 34.1 Å². The first-order valence-electron chi connectivity index (χ1n) is 8.94. The molecule has 0 unspecified atom stereocenters. The fraction of sp³-hybridized carbons (Fsp3) is 0.0909. The first-order chi connectivity index (χ1) is 14.6. The molecule has 2 aromatic carbocycles. The molecule has 0 spiro atoms. The molecule has 4 N–H and O–H groups in total. The van der Waals surface area contributed by atoms with Crippen molar-refractivity contribution in [2.45, 2.75) is 12.8 Å². The highest BCUT2D eigenvalue weighted by molar-refractivity contribution is 5.99. The first kappa shape index (κ1) is 22.9. The van der Waals surface area contributed by atoms with E-state index in [1.807, 2.05) is 0 Å². The highest BCUT2D eigenvalue weighted by Gasteiger charge is 2.11. The number of benzene rings is 2. The van der Waals surface area contributed by atoms with Gasteiger partial charge in [-0.15, -0.1) is 0 Å². The van der Waals surface area contributed by atoms with Crippen LogP contribution in [0, 0.1) is 0 Å². The maximum Gasteiger partial charge on any atom is 0.331 e. The number of ether oxygens (including phenoxy) is 1. The van der Waals surface area contributed by atoms with Gasteiger partial charge in [-0.05, 0) is 48.5 Å². The zero-order chi connectivity index (χ0) is 23.0. The van der Waals surface area contributed by atoms with Gasteiger partial charge in [0, 0.05) is 22.5 Å². The molecule has 2 rings (SSSR count). The summed E-state index contributed by atoms with van der Waals surface area (Å²) in [6.07, 6.45) is -0.637. The van der Waals surface area contributed by atoms with Crippen LogP contribution in [0.25, 0.3) is 0 Å². The number of rotatable bonds is 10. The molecule has 9 heteroatoms. The van der Waals surface area contributed by atoms with Gasteiger partial charge in [-0.25, -0.2) is 9.59 Å². The van der Waals surface area contributed by atoms with Crippen molar-refractivity contribution in [3.8, 4) is 11.5 Å². The molecule has 0 aliphatic carbocycles. The number of anilines is 2. The molecule has 0 atom stereocenters. The van der Waals surface area contributed by atoms with Crippen molar-refractivity contribution in [3.05, 3.63) is 72.8 Å². The Bertz CT molecular complexity index is 941. The van der Waals surface area contributed by atoms with E-state index < -0.39 is 23.8 Å². The predicted molar refractivity (Wildman–Crippen MR) is 113 cm³/mol. The summed E-state index contributed by atoms with van der Waals surface area (Å²) in [5.41, 5.74) is 0.529. The van der Waals surface area contributed by atoms with Gasteiger partial charge in [-0.3, -0.25) is 9.59 Å². The Morgan fingerprint density at radius 3 is 1.29 bits per heavy atom. The molecule has 0 aliphatic heterocycles. The van der Waals surface area contributed by atoms with Gasteiger partial charge in [0.05, 0.1) is 12.8 Å². The van der Waals surface area contributed by atoms with E-state index in [1.165, 1.54) is 0 Å². The third-order valence-electron chi connectivity index (χ3n) is 3.86. The van der Waals surface area contributed by atoms with E-state index in [1.54, 1.807) is 48.5 Å². The third kappa shape index (κ3) is 7.50. The number of amides is 2. The lowest BCUT2D eigenvalue weighted by atomic mass is 10.2. The summed E-state index contributed by atoms with van der Waals surface area (Å²) >= 11 is 0. The van der Waals surface area contributed by atoms with E-state index in [9.17, 15) is 19.2 Å². The van der Waals surface area contributed by atoms with Crippen LogP contribution >= 0.6 is 0 Å². The van der Waals surface area contributed by atoms with Crippen molar-refractivity contribution >= 4 is 35.1 Å². The zero-order valence-electron chi connectivity index (χ0n) is 16.4. The monoisotopic (exact) mass is 424 g/mol. The van der Waals surface area contributed by atoms with Gasteiger partial charge in [0.15, 0.2) is 0 Å². The minimum Gasteiger partial charge on any atom is -0.478 e. The average molecular weight is 424 g/mol. The molecule has 0 saturated heterocycles. The molecule has 0 saturated carbocycles. The fourth-order valence-corrected chi connectivity index (χ4v) is 2.30. The largest absolute Gasteiger partial charge is 0.478 e. The summed E-state index contributed by atoms with van der Waals surface area (Å²) < 4.78 is 5.68. The van der Waals surface area contributed by atoms with E-state index >= 15 is 0 Å². The number of nitrogens with one attached hydrogen (secondary N) is 2. The van der Waals surface area contributed by atoms with Crippen molar-refractivity contribution in [2.24, 2.45) is 0 Å². The average Bonchev–Trinajstić information content (AvgIpc) is 2.70. The molecule has 2 aromatic rings. The molecule has 0 radical (unpaired) electrons. The summed E-state index contributed by atoms with van der Waals surface area (Å²) in [5.74, 6) is -2.47. The second-order valence-corrected chi connectivity index (χ2v) is 6.42. The van der Waals surface area contributed by atoms with Crippen LogP contribution in [0.5, 0.6) is 11.5 Å². The molecule has 9 nitrogen and oxygen atoms in total. The second kappa shape index (κ2) is 10.4. The summed E-state index contributed by atoms with van der Waals surface area (Å²) in [7, 11) is 0. The Kier molecular flexibility index (Phi) is 7.68. The van der Waals surface area contributed by atoms with Gasteiger partial charge in [0.2, 0.25) is 11.8 Å². The van der Waals surface area contributed by atoms with Gasteiger partial charge in [0.1, 0.15) is 11.5 Å². The molecule has 31 heavy (non-hydrogen) atoms. The van der Waals surface area contributed by atoms with Crippen LogP contribution in [0.3, 0.4) is 0 Å². The Labute approximate surface area is 177 Å². The zero-order valence-corrected chi connectivity index (χ0v) is 16.4. The highest BCUT2D eigenvalue weighted by Crippen LogP contribution is 2.24. The summed E-state index contributed by atoms with van der Waals surface area (Å²) in [6.45, 7) is 6.61. The molecule has 160 valence electrons. The third-order valence-corrected chi connectivity index (χ3v) is 3.86. The van der Waals surface area contributed by atoms with Gasteiger partial charge >= 0.3 is 11.9 Å². The molecule has 2 amide bonds. The number of carbonyl (C=O) groups is 4. The minimum atomic E-state index is -1.23. The van der Waals surface area contributed by atoms with Crippen LogP contribution in [0.15, 0.2) is 72.8 Å². The summed E-state index contributed by atoms with van der Waals surface area (Å²) in [5, 5.41) is 22.6. The van der Waals surface area contributed by atoms with E-state index in [0.29, 0.717) is 22.9 Å². The van der Waals surface area contributed by atoms with Crippen molar-refractivity contribution in [3.63, 3.8) is 0 Å². The summed E-state index contributed by atoms with van der Waals surface area (Å²) in [4.78, 5) is 45.0. The lowest BCUT2D eigenvalue weighted by Crippen LogP contribution is -2.14. The Hall–Kier alpha value is -4.40. The first-order valence-corrected chi connectivity index (χ1v) is 8.94. The van der Waals surface area contributed by atoms with E-state index in [4.69, 9.17) is 14.9 Å². The SMILES string of the molecule is C=C(CC(=O)Nc1ccc(Oc2ccc(NC(=O)CC(=C)C(=O)O)cc2)cc1)C(=O)O. The number of carbonyl (C=O) groups excluding carboxylic acids is 2. The number of hydrogen-bond acceptors (Lipinski definition) is 5. The quantitative estimate of drug-likeness (QED) is 0.428. The lowest BCUT2D eigenvalue weighted by Gasteiger charge is -2.09. The molecule has 0 bridgehead atoms. The normalized spacial score (nSPS) is 9.94. The smallest absolute Gasteiger partial charge is 0.331 e. The summed E-state index contributed by atoms with van der Waals surface area (Å²) in [6, 6.07) is 12.9. The maximum atomic E-state index is 11.8. The number of hydrogen-bond donors (Lipinski definition) is 4. The van der Waals surface area contributed by atoms with Crippen LogP contribution in [-0.2, 0) is 19.2 Å². The van der Waals surface area contributed by atoms with Gasteiger partial charge in [-0.1, -0.05) is 13.2 Å². The second-order valence-electron chi connectivity index (χ2n) is 6.42. The Morgan fingerprint density at radius 1 is 0.677 bits per heavy atom. The molecule has 0 heterocycles. The van der Waals surface area contributed by atoms with Crippen molar-refractivity contribution in [1.82, 2.24) is 0 Å². The molecule has 0 aliphatic rings. The fourth-order valence-electron chi connectivity index (χ4n) is 2.30. The molecule has 0 aromatic heterocycles. The van der Waals surface area contributed by atoms with Crippen LogP contribution in [0.1, 0.15) is 12.8 Å². The van der Waals surface area contributed by atoms with Crippen LogP contribution in [0.4, 0.5) is 11.4 Å². The van der Waals surface area contributed by atoms with Gasteiger partial charge < -0.3 is 25.6 Å². The van der Waals surface area contributed by atoms with Crippen molar-refractivity contribution in [1.29, 1.82) is 0 Å². The molecular weight excluding hydrogens is 404 g/mol. The molecule has 0 fully saturated rings. The number of aliphatic carboxylic acids is 2. The number of carboxylic acids is 2. The topological polar surface area (TPSA) is 142 Å². The van der Waals surface area contributed by atoms with Crippen molar-refractivity contribution in [2.75, 3.05) is 10.6 Å². The Morgan fingerprint density at radius 2 is 1.00 bits per heavy atom. The number of carboxylic acid groups (broad SMARTS) is 2. The standard InChI is InChI=1S/C22H20N2O7/c1-13(21(27)28)11-19(25)23-15-3-7-17(8-4-15)31-18-9-5-16(6-10-18)24-20(26)12-14(2)22(29)30/h3-10H,1-2,11-12H2,(H,23,25)(H,24,26)(H,27,28)(H,29,30). The van der Waals surface area contributed by atoms with Crippen LogP contribution in [-0.4, -0.2) is 34.0 Å². The minimum absolute atomic E-state index is 0.205. The predicted octanol–water partition coefficient (Wildman–Crippen LogP) is 3.42. The molecular formula is C22H20N2O7. The van der Waals surface area contributed by atoms with E-state index in [2.05, 4.69) is 23.8 Å². The lowest BCUT2D eigenvalue weighted by molar-refractivity contribution is -0.134.